The van der Waals surface area contributed by atoms with E-state index in [1.165, 1.54) is 12.5 Å². The van der Waals surface area contributed by atoms with Crippen LogP contribution in [0.25, 0.3) is 11.6 Å². The molecule has 0 bridgehead atoms. The lowest BCUT2D eigenvalue weighted by Crippen LogP contribution is -2.28. The van der Waals surface area contributed by atoms with E-state index in [-0.39, 0.29) is 11.9 Å². The summed E-state index contributed by atoms with van der Waals surface area (Å²) in [5, 5.41) is 12.3. The van der Waals surface area contributed by atoms with Crippen molar-refractivity contribution in [3.05, 3.63) is 36.2 Å². The minimum Gasteiger partial charge on any atom is -0.472 e. The van der Waals surface area contributed by atoms with Crippen LogP contribution >= 0.6 is 0 Å². The zero-order valence-electron chi connectivity index (χ0n) is 13.4. The Kier molecular flexibility index (Phi) is 3.19. The number of carbonyl (C=O) groups excluding carboxylic acids is 1. The molecule has 9 heteroatoms. The van der Waals surface area contributed by atoms with Gasteiger partial charge >= 0.3 is 0 Å². The second kappa shape index (κ2) is 5.54. The predicted octanol–water partition coefficient (Wildman–Crippen LogP) is 1.89. The molecule has 3 aromatic heterocycles. The number of furan rings is 1. The summed E-state index contributed by atoms with van der Waals surface area (Å²) < 4.78 is 12.0. The van der Waals surface area contributed by atoms with Crippen LogP contribution in [-0.4, -0.2) is 49.0 Å². The van der Waals surface area contributed by atoms with Crippen molar-refractivity contribution in [1.82, 2.24) is 30.0 Å². The zero-order chi connectivity index (χ0) is 16.8. The van der Waals surface area contributed by atoms with E-state index in [9.17, 15) is 4.79 Å². The topological polar surface area (TPSA) is 103 Å². The van der Waals surface area contributed by atoms with Crippen LogP contribution in [-0.2, 0) is 0 Å². The van der Waals surface area contributed by atoms with Crippen molar-refractivity contribution in [3.63, 3.8) is 0 Å². The fourth-order valence-corrected chi connectivity index (χ4v) is 3.11. The van der Waals surface area contributed by atoms with E-state index in [0.717, 1.165) is 25.1 Å². The monoisotopic (exact) mass is 340 g/mol. The number of aromatic nitrogens is 5. The SMILES string of the molecule is O=C(c1ccoc1)N1CC[C@@H](n2cc(-c3nc(C4CC4)no3)nn2)C1. The van der Waals surface area contributed by atoms with Gasteiger partial charge in [0.2, 0.25) is 0 Å². The maximum atomic E-state index is 12.4. The van der Waals surface area contributed by atoms with Crippen molar-refractivity contribution in [2.75, 3.05) is 13.1 Å². The lowest BCUT2D eigenvalue weighted by molar-refractivity contribution is 0.0786. The maximum absolute atomic E-state index is 12.4. The van der Waals surface area contributed by atoms with Crippen molar-refractivity contribution in [3.8, 4) is 11.6 Å². The van der Waals surface area contributed by atoms with Gasteiger partial charge in [-0.25, -0.2) is 4.68 Å². The molecule has 128 valence electrons. The van der Waals surface area contributed by atoms with Gasteiger partial charge in [-0.1, -0.05) is 10.4 Å². The van der Waals surface area contributed by atoms with Gasteiger partial charge in [0.1, 0.15) is 6.26 Å². The Hall–Kier alpha value is -2.97. The Morgan fingerprint density at radius 2 is 2.20 bits per heavy atom. The third kappa shape index (κ3) is 2.61. The van der Waals surface area contributed by atoms with E-state index in [0.29, 0.717) is 36.2 Å². The van der Waals surface area contributed by atoms with Gasteiger partial charge in [0.25, 0.3) is 11.8 Å². The molecule has 0 radical (unpaired) electrons. The second-order valence-corrected chi connectivity index (χ2v) is 6.52. The van der Waals surface area contributed by atoms with Crippen molar-refractivity contribution in [2.24, 2.45) is 0 Å². The fourth-order valence-electron chi connectivity index (χ4n) is 3.11. The Balaban J connectivity index is 1.29. The third-order valence-corrected chi connectivity index (χ3v) is 4.71. The number of hydrogen-bond acceptors (Lipinski definition) is 7. The van der Waals surface area contributed by atoms with Gasteiger partial charge in [0, 0.05) is 19.0 Å². The molecule has 5 rings (SSSR count). The summed E-state index contributed by atoms with van der Waals surface area (Å²) in [6.07, 6.45) is 7.84. The van der Waals surface area contributed by atoms with Gasteiger partial charge in [-0.15, -0.1) is 5.10 Å². The van der Waals surface area contributed by atoms with Gasteiger partial charge < -0.3 is 13.8 Å². The van der Waals surface area contributed by atoms with Crippen molar-refractivity contribution in [1.29, 1.82) is 0 Å². The molecular formula is C16H16N6O3. The van der Waals surface area contributed by atoms with E-state index in [2.05, 4.69) is 20.5 Å². The number of rotatable bonds is 4. The van der Waals surface area contributed by atoms with E-state index < -0.39 is 0 Å². The highest BCUT2D eigenvalue weighted by atomic mass is 16.5. The normalized spacial score (nSPS) is 20.3. The number of hydrogen-bond donors (Lipinski definition) is 0. The summed E-state index contributed by atoms with van der Waals surface area (Å²) in [7, 11) is 0. The van der Waals surface area contributed by atoms with E-state index in [1.807, 2.05) is 0 Å². The first kappa shape index (κ1) is 14.4. The van der Waals surface area contributed by atoms with Crippen LogP contribution in [0.1, 0.15) is 47.4 Å². The summed E-state index contributed by atoms with van der Waals surface area (Å²) in [4.78, 5) is 18.6. The predicted molar refractivity (Wildman–Crippen MR) is 83.6 cm³/mol. The Morgan fingerprint density at radius 3 is 3.00 bits per heavy atom. The molecule has 2 fully saturated rings. The summed E-state index contributed by atoms with van der Waals surface area (Å²) in [5.41, 5.74) is 1.14. The molecule has 1 aliphatic carbocycles. The number of nitrogens with zero attached hydrogens (tertiary/aromatic N) is 6. The van der Waals surface area contributed by atoms with Crippen LogP contribution in [0.4, 0.5) is 0 Å². The van der Waals surface area contributed by atoms with Crippen LogP contribution in [0.5, 0.6) is 0 Å². The van der Waals surface area contributed by atoms with Crippen LogP contribution in [0.3, 0.4) is 0 Å². The Morgan fingerprint density at radius 1 is 1.28 bits per heavy atom. The van der Waals surface area contributed by atoms with Crippen molar-refractivity contribution < 1.29 is 13.7 Å². The molecule has 9 nitrogen and oxygen atoms in total. The summed E-state index contributed by atoms with van der Waals surface area (Å²) in [6.45, 7) is 1.26. The average Bonchev–Trinajstić information content (AvgIpc) is 3.16. The van der Waals surface area contributed by atoms with Crippen molar-refractivity contribution in [2.45, 2.75) is 31.2 Å². The standard InChI is InChI=1S/C16H16N6O3/c23-16(11-4-6-24-9-11)21-5-3-12(7-21)22-8-13(18-20-22)15-17-14(19-25-15)10-1-2-10/h4,6,8-10,12H,1-3,5,7H2/t12-/m1/s1. The van der Waals surface area contributed by atoms with Gasteiger partial charge in [-0.3, -0.25) is 4.79 Å². The largest absolute Gasteiger partial charge is 0.472 e. The summed E-state index contributed by atoms with van der Waals surface area (Å²) >= 11 is 0. The molecule has 0 unspecified atom stereocenters. The molecule has 1 amide bonds. The molecule has 0 spiro atoms. The molecule has 1 aliphatic heterocycles. The smallest absolute Gasteiger partial charge is 0.280 e. The summed E-state index contributed by atoms with van der Waals surface area (Å²) in [5.74, 6) is 1.56. The van der Waals surface area contributed by atoms with Gasteiger partial charge in [0.15, 0.2) is 11.5 Å². The molecule has 4 heterocycles. The minimum absolute atomic E-state index is 0.0254. The molecule has 3 aromatic rings. The molecular weight excluding hydrogens is 324 g/mol. The number of likely N-dealkylation sites (tertiary alicyclic amines) is 1. The first-order valence-electron chi connectivity index (χ1n) is 8.35. The first-order chi connectivity index (χ1) is 12.3. The lowest BCUT2D eigenvalue weighted by Gasteiger charge is -2.15. The highest BCUT2D eigenvalue weighted by molar-refractivity contribution is 5.94. The van der Waals surface area contributed by atoms with E-state index >= 15 is 0 Å². The molecule has 0 N–H and O–H groups in total. The zero-order valence-corrected chi connectivity index (χ0v) is 13.4. The summed E-state index contributed by atoms with van der Waals surface area (Å²) in [6, 6.07) is 1.76. The maximum Gasteiger partial charge on any atom is 0.280 e. The molecule has 1 atom stereocenters. The van der Waals surface area contributed by atoms with Crippen molar-refractivity contribution >= 4 is 5.91 Å². The van der Waals surface area contributed by atoms with Crippen LogP contribution in [0, 0.1) is 0 Å². The molecule has 0 aromatic carbocycles. The van der Waals surface area contributed by atoms with Gasteiger partial charge in [-0.2, -0.15) is 4.98 Å². The third-order valence-electron chi connectivity index (χ3n) is 4.71. The molecule has 2 aliphatic rings. The Labute approximate surface area is 142 Å². The number of amides is 1. The quantitative estimate of drug-likeness (QED) is 0.714. The minimum atomic E-state index is -0.0254. The highest BCUT2D eigenvalue weighted by Gasteiger charge is 2.31. The fraction of sp³-hybridized carbons (Fsp3) is 0.438. The first-order valence-corrected chi connectivity index (χ1v) is 8.35. The van der Waals surface area contributed by atoms with E-state index in [1.54, 1.807) is 21.8 Å². The number of carbonyl (C=O) groups is 1. The van der Waals surface area contributed by atoms with Crippen LogP contribution in [0.15, 0.2) is 33.7 Å². The molecule has 25 heavy (non-hydrogen) atoms. The molecule has 1 saturated carbocycles. The second-order valence-electron chi connectivity index (χ2n) is 6.52. The molecule has 1 saturated heterocycles. The van der Waals surface area contributed by atoms with Crippen LogP contribution in [0.2, 0.25) is 0 Å². The van der Waals surface area contributed by atoms with E-state index in [4.69, 9.17) is 8.94 Å². The van der Waals surface area contributed by atoms with Gasteiger partial charge in [-0.05, 0) is 25.3 Å². The highest BCUT2D eigenvalue weighted by Crippen LogP contribution is 2.38. The van der Waals surface area contributed by atoms with Gasteiger partial charge in [0.05, 0.1) is 24.1 Å². The average molecular weight is 340 g/mol. The van der Waals surface area contributed by atoms with Crippen LogP contribution < -0.4 is 0 Å². The lowest BCUT2D eigenvalue weighted by atomic mass is 10.3. The Bertz CT molecular complexity index is 895.